The molecule has 1 N–H and O–H groups in total. The van der Waals surface area contributed by atoms with Crippen LogP contribution in [0.25, 0.3) is 0 Å². The van der Waals surface area contributed by atoms with Crippen molar-refractivity contribution in [2.24, 2.45) is 0 Å². The smallest absolute Gasteiger partial charge is 0.251 e. The Morgan fingerprint density at radius 2 is 1.83 bits per heavy atom. The summed E-state index contributed by atoms with van der Waals surface area (Å²) in [5.74, 6) is -0.216. The number of hydrogen-bond acceptors (Lipinski definition) is 5. The summed E-state index contributed by atoms with van der Waals surface area (Å²) in [5.41, 5.74) is 2.36. The van der Waals surface area contributed by atoms with Gasteiger partial charge in [0.05, 0.1) is 6.61 Å². The molecule has 1 atom stereocenters. The summed E-state index contributed by atoms with van der Waals surface area (Å²) in [5, 5.41) is 2.94. The second-order valence-corrected chi connectivity index (χ2v) is 5.21. The van der Waals surface area contributed by atoms with E-state index in [1.807, 2.05) is 18.2 Å². The lowest BCUT2D eigenvalue weighted by Crippen LogP contribution is -2.38. The zero-order valence-electron chi connectivity index (χ0n) is 14.1. The van der Waals surface area contributed by atoms with E-state index >= 15 is 0 Å². The van der Waals surface area contributed by atoms with Crippen LogP contribution in [0.5, 0.6) is 0 Å². The lowest BCUT2D eigenvalue weighted by molar-refractivity contribution is -0.122. The lowest BCUT2D eigenvalue weighted by Gasteiger charge is -2.26. The zero-order chi connectivity index (χ0) is 17.4. The van der Waals surface area contributed by atoms with E-state index in [-0.39, 0.29) is 5.91 Å². The molecule has 0 radical (unpaired) electrons. The highest BCUT2D eigenvalue weighted by atomic mass is 16.7. The van der Waals surface area contributed by atoms with Gasteiger partial charge >= 0.3 is 0 Å². The fourth-order valence-electron chi connectivity index (χ4n) is 2.38. The molecule has 1 aromatic carbocycles. The number of nitrogens with one attached hydrogen (secondary N) is 1. The minimum absolute atomic E-state index is 0.216. The van der Waals surface area contributed by atoms with Crippen molar-refractivity contribution < 1.29 is 19.0 Å². The molecule has 2 rings (SSSR count). The number of amides is 1. The molecular formula is C18H22N2O4. The summed E-state index contributed by atoms with van der Waals surface area (Å²) in [6.45, 7) is 0.510. The molecule has 128 valence electrons. The van der Waals surface area contributed by atoms with Gasteiger partial charge in [-0.1, -0.05) is 18.2 Å². The lowest BCUT2D eigenvalue weighted by atomic mass is 10.1. The Bertz CT molecular complexity index is 627. The van der Waals surface area contributed by atoms with E-state index in [1.54, 1.807) is 37.7 Å². The molecule has 6 heteroatoms. The Kier molecular flexibility index (Phi) is 6.87. The van der Waals surface area contributed by atoms with Crippen molar-refractivity contribution in [2.75, 3.05) is 21.3 Å². The Labute approximate surface area is 141 Å². The largest absolute Gasteiger partial charge is 0.380 e. The van der Waals surface area contributed by atoms with Crippen molar-refractivity contribution in [2.45, 2.75) is 18.9 Å². The third-order valence-corrected chi connectivity index (χ3v) is 3.59. The van der Waals surface area contributed by atoms with E-state index in [2.05, 4.69) is 10.3 Å². The van der Waals surface area contributed by atoms with E-state index in [0.717, 1.165) is 11.1 Å². The molecule has 6 nitrogen and oxygen atoms in total. The van der Waals surface area contributed by atoms with Crippen molar-refractivity contribution in [3.8, 4) is 0 Å². The van der Waals surface area contributed by atoms with Gasteiger partial charge in [0.15, 0.2) is 6.29 Å². The summed E-state index contributed by atoms with van der Waals surface area (Å²) < 4.78 is 15.7. The van der Waals surface area contributed by atoms with Gasteiger partial charge in [-0.25, -0.2) is 0 Å². The average molecular weight is 330 g/mol. The number of rotatable bonds is 8. The van der Waals surface area contributed by atoms with Gasteiger partial charge in [0.1, 0.15) is 6.04 Å². The van der Waals surface area contributed by atoms with E-state index < -0.39 is 12.3 Å². The molecule has 0 bridgehead atoms. The standard InChI is InChI=1S/C18H22N2O4/c1-22-12-13-6-8-14(9-7-13)17(21)20-16(18(23-2)24-3)15-5-4-10-19-11-15/h4-11,16,18H,12H2,1-3H3,(H,20,21)/t16-/m0/s1. The number of methoxy groups -OCH3 is 3. The van der Waals surface area contributed by atoms with E-state index in [4.69, 9.17) is 14.2 Å². The summed E-state index contributed by atoms with van der Waals surface area (Å²) in [4.78, 5) is 16.7. The van der Waals surface area contributed by atoms with Crippen LogP contribution in [-0.4, -0.2) is 38.5 Å². The summed E-state index contributed by atoms with van der Waals surface area (Å²) >= 11 is 0. The minimum Gasteiger partial charge on any atom is -0.380 e. The average Bonchev–Trinajstić information content (AvgIpc) is 2.63. The Hall–Kier alpha value is -2.28. The SMILES string of the molecule is COCc1ccc(C(=O)N[C@@H](c2cccnc2)C(OC)OC)cc1. The van der Waals surface area contributed by atoms with Crippen LogP contribution < -0.4 is 5.32 Å². The highest BCUT2D eigenvalue weighted by molar-refractivity contribution is 5.94. The second kappa shape index (κ2) is 9.12. The van der Waals surface area contributed by atoms with Gasteiger partial charge in [0, 0.05) is 39.3 Å². The molecule has 1 amide bonds. The van der Waals surface area contributed by atoms with Crippen LogP contribution in [0, 0.1) is 0 Å². The highest BCUT2D eigenvalue weighted by Gasteiger charge is 2.25. The van der Waals surface area contributed by atoms with Crippen LogP contribution in [0.4, 0.5) is 0 Å². The molecule has 1 aromatic heterocycles. The molecule has 2 aromatic rings. The maximum Gasteiger partial charge on any atom is 0.251 e. The van der Waals surface area contributed by atoms with Crippen LogP contribution in [0.1, 0.15) is 27.5 Å². The molecule has 1 heterocycles. The van der Waals surface area contributed by atoms with Crippen LogP contribution in [0.3, 0.4) is 0 Å². The monoisotopic (exact) mass is 330 g/mol. The molecule has 0 fully saturated rings. The summed E-state index contributed by atoms with van der Waals surface area (Å²) in [6, 6.07) is 10.4. The predicted octanol–water partition coefficient (Wildman–Crippen LogP) is 2.32. The van der Waals surface area contributed by atoms with Gasteiger partial charge < -0.3 is 19.5 Å². The van der Waals surface area contributed by atoms with Crippen molar-refractivity contribution in [3.63, 3.8) is 0 Å². The van der Waals surface area contributed by atoms with Crippen LogP contribution in [0.2, 0.25) is 0 Å². The topological polar surface area (TPSA) is 69.7 Å². The van der Waals surface area contributed by atoms with E-state index in [0.29, 0.717) is 12.2 Å². The normalized spacial score (nSPS) is 12.2. The van der Waals surface area contributed by atoms with Gasteiger partial charge in [-0.05, 0) is 29.3 Å². The number of carbonyl (C=O) groups excluding carboxylic acids is 1. The quantitative estimate of drug-likeness (QED) is 0.752. The zero-order valence-corrected chi connectivity index (χ0v) is 14.1. The molecule has 0 aliphatic carbocycles. The summed E-state index contributed by atoms with van der Waals surface area (Å²) in [6.07, 6.45) is 2.73. The number of nitrogens with zero attached hydrogens (tertiary/aromatic N) is 1. The number of carbonyl (C=O) groups is 1. The van der Waals surface area contributed by atoms with Crippen LogP contribution in [-0.2, 0) is 20.8 Å². The first kappa shape index (κ1) is 18.1. The molecular weight excluding hydrogens is 308 g/mol. The van der Waals surface area contributed by atoms with Crippen molar-refractivity contribution in [1.82, 2.24) is 10.3 Å². The molecule has 0 aliphatic rings. The van der Waals surface area contributed by atoms with Crippen LogP contribution in [0.15, 0.2) is 48.8 Å². The van der Waals surface area contributed by atoms with Gasteiger partial charge in [-0.3, -0.25) is 9.78 Å². The molecule has 24 heavy (non-hydrogen) atoms. The van der Waals surface area contributed by atoms with Gasteiger partial charge in [0.2, 0.25) is 0 Å². The maximum absolute atomic E-state index is 12.6. The number of aromatic nitrogens is 1. The molecule has 0 saturated heterocycles. The van der Waals surface area contributed by atoms with Crippen LogP contribution >= 0.6 is 0 Å². The first-order valence-electron chi connectivity index (χ1n) is 7.53. The fraction of sp³-hybridized carbons (Fsp3) is 0.333. The molecule has 0 saturated carbocycles. The van der Waals surface area contributed by atoms with Gasteiger partial charge in [0.25, 0.3) is 5.91 Å². The second-order valence-electron chi connectivity index (χ2n) is 5.21. The number of hydrogen-bond donors (Lipinski definition) is 1. The third kappa shape index (κ3) is 4.61. The third-order valence-electron chi connectivity index (χ3n) is 3.59. The number of benzene rings is 1. The predicted molar refractivity (Wildman–Crippen MR) is 89.4 cm³/mol. The first-order chi connectivity index (χ1) is 11.7. The maximum atomic E-state index is 12.6. The molecule has 0 aliphatic heterocycles. The highest BCUT2D eigenvalue weighted by Crippen LogP contribution is 2.19. The van der Waals surface area contributed by atoms with Crippen molar-refractivity contribution in [1.29, 1.82) is 0 Å². The number of ether oxygens (including phenoxy) is 3. The van der Waals surface area contributed by atoms with E-state index in [1.165, 1.54) is 14.2 Å². The van der Waals surface area contributed by atoms with Gasteiger partial charge in [-0.15, -0.1) is 0 Å². The molecule has 0 unspecified atom stereocenters. The summed E-state index contributed by atoms with van der Waals surface area (Å²) in [7, 11) is 4.70. The number of pyridine rings is 1. The Balaban J connectivity index is 2.17. The minimum atomic E-state index is -0.620. The first-order valence-corrected chi connectivity index (χ1v) is 7.53. The Morgan fingerprint density at radius 3 is 2.38 bits per heavy atom. The van der Waals surface area contributed by atoms with Gasteiger partial charge in [-0.2, -0.15) is 0 Å². The molecule has 0 spiro atoms. The van der Waals surface area contributed by atoms with Crippen molar-refractivity contribution >= 4 is 5.91 Å². The van der Waals surface area contributed by atoms with E-state index in [9.17, 15) is 4.79 Å². The fourth-order valence-corrected chi connectivity index (χ4v) is 2.38. The van der Waals surface area contributed by atoms with Crippen molar-refractivity contribution in [3.05, 3.63) is 65.5 Å². The Morgan fingerprint density at radius 1 is 1.12 bits per heavy atom.